The average molecular weight is 330 g/mol. The molecule has 0 unspecified atom stereocenters. The fourth-order valence-corrected chi connectivity index (χ4v) is 2.17. The molecule has 1 amide bonds. The van der Waals surface area contributed by atoms with Crippen LogP contribution in [0.4, 0.5) is 4.79 Å². The Hall–Kier alpha value is -2.85. The molecule has 2 N–H and O–H groups in total. The first-order valence-corrected chi connectivity index (χ1v) is 7.65. The van der Waals surface area contributed by atoms with Crippen LogP contribution in [0, 0.1) is 11.8 Å². The molecule has 2 aromatic rings. The molecule has 2 rings (SSSR count). The van der Waals surface area contributed by atoms with Crippen LogP contribution in [-0.2, 0) is 11.3 Å². The van der Waals surface area contributed by atoms with Crippen molar-refractivity contribution in [1.29, 1.82) is 0 Å². The fraction of sp³-hybridized carbons (Fsp3) is 0.188. The lowest BCUT2D eigenvalue weighted by atomic mass is 10.2. The number of nitrogens with one attached hydrogen (secondary N) is 1. The van der Waals surface area contributed by atoms with Gasteiger partial charge in [-0.25, -0.2) is 14.6 Å². The molecule has 23 heavy (non-hydrogen) atoms. The zero-order valence-electron chi connectivity index (χ0n) is 12.1. The highest BCUT2D eigenvalue weighted by Crippen LogP contribution is 2.08. The summed E-state index contributed by atoms with van der Waals surface area (Å²) in [6.07, 6.45) is -0.0853. The predicted molar refractivity (Wildman–Crippen MR) is 85.2 cm³/mol. The third-order valence-corrected chi connectivity index (χ3v) is 3.47. The topological polar surface area (TPSA) is 88.5 Å². The van der Waals surface area contributed by atoms with E-state index in [0.717, 1.165) is 16.9 Å². The number of benzene rings is 1. The summed E-state index contributed by atoms with van der Waals surface area (Å²) in [5.74, 6) is 4.50. The molecule has 0 bridgehead atoms. The molecule has 0 radical (unpaired) electrons. The van der Waals surface area contributed by atoms with E-state index in [1.165, 1.54) is 0 Å². The summed E-state index contributed by atoms with van der Waals surface area (Å²) in [4.78, 5) is 26.0. The number of thiazole rings is 1. The molecule has 0 saturated carbocycles. The van der Waals surface area contributed by atoms with Crippen LogP contribution < -0.4 is 5.32 Å². The first-order valence-electron chi connectivity index (χ1n) is 6.77. The monoisotopic (exact) mass is 330 g/mol. The standard InChI is InChI=1S/C16H14N2O4S/c19-15(20)14-18-13(11-23-14)8-4-5-9-17-16(21)22-10-12-6-2-1-3-7-12/h1-3,6-7,11H,5,9-10H2,(H,17,21)(H,19,20). The summed E-state index contributed by atoms with van der Waals surface area (Å²) in [5, 5.41) is 12.9. The number of hydrogen-bond acceptors (Lipinski definition) is 5. The molecular formula is C16H14N2O4S. The molecule has 0 saturated heterocycles. The lowest BCUT2D eigenvalue weighted by Gasteiger charge is -2.05. The van der Waals surface area contributed by atoms with Gasteiger partial charge in [0.05, 0.1) is 0 Å². The number of aromatic carboxylic acids is 1. The molecule has 1 aromatic heterocycles. The Morgan fingerprint density at radius 2 is 2.09 bits per heavy atom. The Morgan fingerprint density at radius 3 is 2.78 bits per heavy atom. The van der Waals surface area contributed by atoms with E-state index in [2.05, 4.69) is 22.1 Å². The van der Waals surface area contributed by atoms with Crippen LogP contribution >= 0.6 is 11.3 Å². The summed E-state index contributed by atoms with van der Waals surface area (Å²) in [5.41, 5.74) is 1.33. The number of carbonyl (C=O) groups excluding carboxylic acids is 1. The van der Waals surface area contributed by atoms with Crippen molar-refractivity contribution < 1.29 is 19.4 Å². The summed E-state index contributed by atoms with van der Waals surface area (Å²) in [6, 6.07) is 9.39. The average Bonchev–Trinajstić information content (AvgIpc) is 3.03. The number of hydrogen-bond donors (Lipinski definition) is 2. The highest BCUT2D eigenvalue weighted by atomic mass is 32.1. The van der Waals surface area contributed by atoms with Gasteiger partial charge in [0.1, 0.15) is 12.3 Å². The molecular weight excluding hydrogens is 316 g/mol. The Morgan fingerprint density at radius 1 is 1.30 bits per heavy atom. The van der Waals surface area contributed by atoms with Crippen molar-refractivity contribution in [2.45, 2.75) is 13.0 Å². The first-order chi connectivity index (χ1) is 11.1. The number of ether oxygens (including phenoxy) is 1. The molecule has 1 aromatic carbocycles. The van der Waals surface area contributed by atoms with Crippen molar-refractivity contribution in [3.05, 3.63) is 52.0 Å². The van der Waals surface area contributed by atoms with Crippen LogP contribution in [0.1, 0.15) is 27.5 Å². The van der Waals surface area contributed by atoms with Crippen LogP contribution in [0.5, 0.6) is 0 Å². The second-order valence-corrected chi connectivity index (χ2v) is 5.24. The van der Waals surface area contributed by atoms with Crippen molar-refractivity contribution >= 4 is 23.4 Å². The molecule has 0 fully saturated rings. The third-order valence-electron chi connectivity index (χ3n) is 2.64. The Bertz CT molecular complexity index is 731. The normalized spacial score (nSPS) is 9.57. The molecule has 0 aliphatic rings. The summed E-state index contributed by atoms with van der Waals surface area (Å²) in [6.45, 7) is 0.561. The first kappa shape index (κ1) is 16.5. The van der Waals surface area contributed by atoms with E-state index in [0.29, 0.717) is 18.7 Å². The van der Waals surface area contributed by atoms with E-state index >= 15 is 0 Å². The molecule has 7 heteroatoms. The van der Waals surface area contributed by atoms with Gasteiger partial charge in [-0.3, -0.25) is 0 Å². The van der Waals surface area contributed by atoms with Gasteiger partial charge < -0.3 is 15.2 Å². The number of carboxylic acids is 1. The van der Waals surface area contributed by atoms with Gasteiger partial charge in [0.15, 0.2) is 0 Å². The highest BCUT2D eigenvalue weighted by molar-refractivity contribution is 7.11. The molecule has 0 spiro atoms. The van der Waals surface area contributed by atoms with Gasteiger partial charge in [0.2, 0.25) is 5.01 Å². The second kappa shape index (κ2) is 8.56. The van der Waals surface area contributed by atoms with E-state index < -0.39 is 12.1 Å². The smallest absolute Gasteiger partial charge is 0.407 e. The van der Waals surface area contributed by atoms with E-state index in [9.17, 15) is 9.59 Å². The van der Waals surface area contributed by atoms with Crippen LogP contribution in [-0.4, -0.2) is 28.7 Å². The van der Waals surface area contributed by atoms with E-state index in [1.807, 2.05) is 30.3 Å². The van der Waals surface area contributed by atoms with Crippen molar-refractivity contribution in [3.8, 4) is 11.8 Å². The van der Waals surface area contributed by atoms with Crippen molar-refractivity contribution in [3.63, 3.8) is 0 Å². The third kappa shape index (κ3) is 5.80. The quantitative estimate of drug-likeness (QED) is 0.649. The van der Waals surface area contributed by atoms with E-state index in [1.54, 1.807) is 5.38 Å². The Kier molecular flexibility index (Phi) is 6.15. The number of carbonyl (C=O) groups is 2. The molecule has 0 aliphatic heterocycles. The van der Waals surface area contributed by atoms with Gasteiger partial charge in [-0.2, -0.15) is 0 Å². The molecule has 118 valence electrons. The largest absolute Gasteiger partial charge is 0.476 e. The number of alkyl carbamates (subject to hydrolysis) is 1. The second-order valence-electron chi connectivity index (χ2n) is 4.38. The predicted octanol–water partition coefficient (Wildman–Crippen LogP) is 2.51. The molecule has 0 aliphatic carbocycles. The van der Waals surface area contributed by atoms with Gasteiger partial charge in [0, 0.05) is 18.3 Å². The van der Waals surface area contributed by atoms with Crippen LogP contribution in [0.3, 0.4) is 0 Å². The van der Waals surface area contributed by atoms with Crippen molar-refractivity contribution in [2.75, 3.05) is 6.54 Å². The number of rotatable bonds is 5. The van der Waals surface area contributed by atoms with Crippen LogP contribution in [0.2, 0.25) is 0 Å². The molecule has 0 atom stereocenters. The van der Waals surface area contributed by atoms with Gasteiger partial charge in [0.25, 0.3) is 0 Å². The lowest BCUT2D eigenvalue weighted by Crippen LogP contribution is -2.24. The number of carboxylic acid groups (broad SMARTS) is 1. The number of aromatic nitrogens is 1. The maximum absolute atomic E-state index is 11.5. The van der Waals surface area contributed by atoms with Crippen LogP contribution in [0.25, 0.3) is 0 Å². The SMILES string of the molecule is O=C(NCCC#Cc1csc(C(=O)O)n1)OCc1ccccc1. The van der Waals surface area contributed by atoms with Gasteiger partial charge in [-0.05, 0) is 11.5 Å². The summed E-state index contributed by atoms with van der Waals surface area (Å²) in [7, 11) is 0. The minimum absolute atomic E-state index is 0.0110. The van der Waals surface area contributed by atoms with Crippen molar-refractivity contribution in [2.24, 2.45) is 0 Å². The summed E-state index contributed by atoms with van der Waals surface area (Å²) < 4.78 is 5.05. The number of nitrogens with zero attached hydrogens (tertiary/aromatic N) is 1. The minimum atomic E-state index is -1.06. The van der Waals surface area contributed by atoms with Crippen LogP contribution in [0.15, 0.2) is 35.7 Å². The van der Waals surface area contributed by atoms with E-state index in [4.69, 9.17) is 9.84 Å². The zero-order valence-corrected chi connectivity index (χ0v) is 12.9. The number of amides is 1. The van der Waals surface area contributed by atoms with Crippen molar-refractivity contribution in [1.82, 2.24) is 10.3 Å². The maximum atomic E-state index is 11.5. The fourth-order valence-electron chi connectivity index (χ4n) is 1.58. The molecule has 6 nitrogen and oxygen atoms in total. The minimum Gasteiger partial charge on any atom is -0.476 e. The summed E-state index contributed by atoms with van der Waals surface area (Å²) >= 11 is 1.03. The Labute approximate surface area is 137 Å². The highest BCUT2D eigenvalue weighted by Gasteiger charge is 2.06. The van der Waals surface area contributed by atoms with E-state index in [-0.39, 0.29) is 11.6 Å². The maximum Gasteiger partial charge on any atom is 0.407 e. The zero-order chi connectivity index (χ0) is 16.5. The molecule has 1 heterocycles. The Balaban J connectivity index is 1.66. The van der Waals surface area contributed by atoms with Gasteiger partial charge >= 0.3 is 12.1 Å². The lowest BCUT2D eigenvalue weighted by molar-refractivity contribution is 0.0696. The van der Waals surface area contributed by atoms with Gasteiger partial charge in [-0.15, -0.1) is 11.3 Å². The van der Waals surface area contributed by atoms with Gasteiger partial charge in [-0.1, -0.05) is 36.3 Å².